The van der Waals surface area contributed by atoms with Crippen LogP contribution in [0.4, 0.5) is 5.95 Å². The molecule has 1 aromatic rings. The highest BCUT2D eigenvalue weighted by Gasteiger charge is 2.31. The van der Waals surface area contributed by atoms with Crippen LogP contribution < -0.4 is 5.32 Å². The topological polar surface area (TPSA) is 69.0 Å². The van der Waals surface area contributed by atoms with Gasteiger partial charge in [-0.25, -0.2) is 9.48 Å². The van der Waals surface area contributed by atoms with Crippen molar-refractivity contribution in [1.82, 2.24) is 14.8 Å². The van der Waals surface area contributed by atoms with Gasteiger partial charge in [-0.15, -0.1) is 0 Å². The van der Waals surface area contributed by atoms with Crippen molar-refractivity contribution < 1.29 is 9.53 Å². The van der Waals surface area contributed by atoms with Crippen LogP contribution in [0, 0.1) is 0 Å². The maximum Gasteiger partial charge on any atom is 0.338 e. The fourth-order valence-corrected chi connectivity index (χ4v) is 1.95. The monoisotopic (exact) mass is 250 g/mol. The number of allylic oxidation sites excluding steroid dienone is 1. The Morgan fingerprint density at radius 3 is 2.78 bits per heavy atom. The lowest BCUT2D eigenvalue weighted by Crippen LogP contribution is -2.31. The molecule has 18 heavy (non-hydrogen) atoms. The number of anilines is 1. The summed E-state index contributed by atoms with van der Waals surface area (Å²) in [6, 6.07) is -0.182. The first-order valence-corrected chi connectivity index (χ1v) is 5.90. The highest BCUT2D eigenvalue weighted by molar-refractivity contribution is 5.91. The molecule has 6 heteroatoms. The Labute approximate surface area is 106 Å². The van der Waals surface area contributed by atoms with Crippen molar-refractivity contribution in [2.24, 2.45) is 0 Å². The summed E-state index contributed by atoms with van der Waals surface area (Å²) in [4.78, 5) is 16.3. The van der Waals surface area contributed by atoms with Gasteiger partial charge in [0.2, 0.25) is 5.95 Å². The Morgan fingerprint density at radius 2 is 2.17 bits per heavy atom. The molecule has 0 radical (unpaired) electrons. The highest BCUT2D eigenvalue weighted by atomic mass is 16.6. The minimum atomic E-state index is -0.507. The fraction of sp³-hybridized carbons (Fsp3) is 0.583. The summed E-state index contributed by atoms with van der Waals surface area (Å²) in [7, 11) is 0. The number of nitrogens with zero attached hydrogens (tertiary/aromatic N) is 3. The molecule has 6 nitrogen and oxygen atoms in total. The van der Waals surface area contributed by atoms with Crippen LogP contribution in [0.5, 0.6) is 0 Å². The molecule has 98 valence electrons. The average molecular weight is 250 g/mol. The Kier molecular flexibility index (Phi) is 2.88. The minimum Gasteiger partial charge on any atom is -0.456 e. The maximum absolute atomic E-state index is 12.2. The van der Waals surface area contributed by atoms with Crippen LogP contribution >= 0.6 is 0 Å². The van der Waals surface area contributed by atoms with Gasteiger partial charge >= 0.3 is 5.97 Å². The van der Waals surface area contributed by atoms with E-state index < -0.39 is 5.60 Å². The predicted octanol–water partition coefficient (Wildman–Crippen LogP) is 1.88. The summed E-state index contributed by atoms with van der Waals surface area (Å²) in [6.07, 6.45) is 1.46. The van der Waals surface area contributed by atoms with E-state index in [9.17, 15) is 4.79 Å². The lowest BCUT2D eigenvalue weighted by molar-refractivity contribution is -0.150. The maximum atomic E-state index is 12.2. The third-order valence-electron chi connectivity index (χ3n) is 2.68. The molecular weight excluding hydrogens is 232 g/mol. The Bertz CT molecular complexity index is 510. The lowest BCUT2D eigenvalue weighted by atomic mass is 10.0. The smallest absolute Gasteiger partial charge is 0.338 e. The molecule has 1 aromatic heterocycles. The van der Waals surface area contributed by atoms with E-state index in [0.29, 0.717) is 11.5 Å². The second-order valence-electron chi connectivity index (χ2n) is 5.37. The molecule has 0 saturated carbocycles. The quantitative estimate of drug-likeness (QED) is 0.771. The van der Waals surface area contributed by atoms with Crippen molar-refractivity contribution in [1.29, 1.82) is 0 Å². The number of hydrogen-bond acceptors (Lipinski definition) is 5. The van der Waals surface area contributed by atoms with Crippen LogP contribution in [0.1, 0.15) is 40.7 Å². The second-order valence-corrected chi connectivity index (χ2v) is 5.37. The minimum absolute atomic E-state index is 0.182. The van der Waals surface area contributed by atoms with Crippen molar-refractivity contribution in [3.05, 3.63) is 17.6 Å². The highest BCUT2D eigenvalue weighted by Crippen LogP contribution is 2.30. The van der Waals surface area contributed by atoms with E-state index >= 15 is 0 Å². The zero-order chi connectivity index (χ0) is 13.5. The zero-order valence-corrected chi connectivity index (χ0v) is 11.3. The molecule has 2 rings (SSSR count). The van der Waals surface area contributed by atoms with E-state index in [1.807, 2.05) is 34.6 Å². The van der Waals surface area contributed by atoms with E-state index in [-0.39, 0.29) is 12.0 Å². The standard InChI is InChI=1S/C12H18N4O2/c1-7-9(10(17)18-12(3,4)5)8(2)16-11(15-7)13-6-14-16/h6,8H,1-5H3,(H,13,14,15). The molecular formula is C12H18N4O2. The number of nitrogens with one attached hydrogen (secondary N) is 1. The second kappa shape index (κ2) is 4.12. The molecule has 1 N–H and O–H groups in total. The van der Waals surface area contributed by atoms with Gasteiger partial charge in [-0.05, 0) is 34.6 Å². The Hall–Kier alpha value is -1.85. The summed E-state index contributed by atoms with van der Waals surface area (Å²) < 4.78 is 7.08. The molecule has 1 atom stereocenters. The third-order valence-corrected chi connectivity index (χ3v) is 2.68. The van der Waals surface area contributed by atoms with Gasteiger partial charge in [0, 0.05) is 5.70 Å². The SMILES string of the molecule is CC1=C(C(=O)OC(C)(C)C)C(C)n2ncnc2N1. The summed E-state index contributed by atoms with van der Waals surface area (Å²) in [5.41, 5.74) is 0.840. The number of fused-ring (bicyclic) bond motifs is 1. The van der Waals surface area contributed by atoms with Crippen molar-refractivity contribution in [3.8, 4) is 0 Å². The van der Waals surface area contributed by atoms with Gasteiger partial charge in [0.05, 0.1) is 11.6 Å². The lowest BCUT2D eigenvalue weighted by Gasteiger charge is -2.28. The molecule has 0 aliphatic carbocycles. The normalized spacial score (nSPS) is 19.3. The van der Waals surface area contributed by atoms with Crippen LogP contribution in [0.25, 0.3) is 0 Å². The van der Waals surface area contributed by atoms with Crippen molar-refractivity contribution in [2.75, 3.05) is 5.32 Å². The van der Waals surface area contributed by atoms with Crippen LogP contribution in [-0.2, 0) is 9.53 Å². The molecule has 1 aliphatic heterocycles. The molecule has 0 fully saturated rings. The van der Waals surface area contributed by atoms with Gasteiger partial charge in [0.25, 0.3) is 0 Å². The molecule has 2 heterocycles. The molecule has 0 spiro atoms. The molecule has 0 aromatic carbocycles. The first-order valence-electron chi connectivity index (χ1n) is 5.90. The molecule has 0 bridgehead atoms. The number of rotatable bonds is 1. The van der Waals surface area contributed by atoms with Crippen LogP contribution in [0.2, 0.25) is 0 Å². The van der Waals surface area contributed by atoms with E-state index in [1.54, 1.807) is 4.68 Å². The molecule has 1 aliphatic rings. The van der Waals surface area contributed by atoms with E-state index in [4.69, 9.17) is 4.74 Å². The van der Waals surface area contributed by atoms with Crippen LogP contribution in [0.3, 0.4) is 0 Å². The Morgan fingerprint density at radius 1 is 1.50 bits per heavy atom. The van der Waals surface area contributed by atoms with E-state index in [0.717, 1.165) is 5.70 Å². The van der Waals surface area contributed by atoms with Crippen LogP contribution in [0.15, 0.2) is 17.6 Å². The molecule has 1 unspecified atom stereocenters. The molecule has 0 saturated heterocycles. The van der Waals surface area contributed by atoms with Gasteiger partial charge in [-0.3, -0.25) is 0 Å². The summed E-state index contributed by atoms with van der Waals surface area (Å²) >= 11 is 0. The Balaban J connectivity index is 2.30. The molecule has 0 amide bonds. The summed E-state index contributed by atoms with van der Waals surface area (Å²) in [5, 5.41) is 7.16. The largest absolute Gasteiger partial charge is 0.456 e. The number of hydrogen-bond donors (Lipinski definition) is 1. The van der Waals surface area contributed by atoms with Crippen molar-refractivity contribution in [2.45, 2.75) is 46.3 Å². The number of carbonyl (C=O) groups is 1. The predicted molar refractivity (Wildman–Crippen MR) is 66.9 cm³/mol. The van der Waals surface area contributed by atoms with Crippen molar-refractivity contribution in [3.63, 3.8) is 0 Å². The van der Waals surface area contributed by atoms with E-state index in [2.05, 4.69) is 15.4 Å². The third kappa shape index (κ3) is 2.23. The number of carbonyl (C=O) groups excluding carboxylic acids is 1. The first kappa shape index (κ1) is 12.6. The number of ether oxygens (including phenoxy) is 1. The number of aromatic nitrogens is 3. The fourth-order valence-electron chi connectivity index (χ4n) is 1.95. The van der Waals surface area contributed by atoms with Gasteiger partial charge in [-0.1, -0.05) is 0 Å². The average Bonchev–Trinajstić information content (AvgIpc) is 2.62. The van der Waals surface area contributed by atoms with Crippen LogP contribution in [-0.4, -0.2) is 26.3 Å². The van der Waals surface area contributed by atoms with Gasteiger partial charge in [0.1, 0.15) is 11.9 Å². The summed E-state index contributed by atoms with van der Waals surface area (Å²) in [6.45, 7) is 9.30. The van der Waals surface area contributed by atoms with Gasteiger partial charge in [0.15, 0.2) is 0 Å². The van der Waals surface area contributed by atoms with Gasteiger partial charge < -0.3 is 10.1 Å². The first-order chi connectivity index (χ1) is 8.29. The summed E-state index contributed by atoms with van der Waals surface area (Å²) in [5.74, 6) is 0.327. The van der Waals surface area contributed by atoms with Crippen molar-refractivity contribution >= 4 is 11.9 Å². The van der Waals surface area contributed by atoms with Gasteiger partial charge in [-0.2, -0.15) is 10.1 Å². The number of esters is 1. The zero-order valence-electron chi connectivity index (χ0n) is 11.3. The van der Waals surface area contributed by atoms with E-state index in [1.165, 1.54) is 6.33 Å².